The van der Waals surface area contributed by atoms with E-state index in [-0.39, 0.29) is 27.2 Å². The monoisotopic (exact) mass is 516 g/mol. The van der Waals surface area contributed by atoms with Crippen LogP contribution in [0.5, 0.6) is 0 Å². The molecule has 0 bridgehead atoms. The van der Waals surface area contributed by atoms with Crippen LogP contribution in [0.4, 0.5) is 19.3 Å². The Balaban J connectivity index is 2.38. The van der Waals surface area contributed by atoms with Gasteiger partial charge in [0.2, 0.25) is 11.7 Å². The molecule has 2 aromatic rings. The van der Waals surface area contributed by atoms with E-state index in [1.807, 2.05) is 0 Å². The molecule has 10 heteroatoms. The highest BCUT2D eigenvalue weighted by Crippen LogP contribution is 2.35. The Morgan fingerprint density at radius 2 is 1.71 bits per heavy atom. The van der Waals surface area contributed by atoms with E-state index in [1.54, 1.807) is 20.8 Å². The zero-order valence-corrected chi connectivity index (χ0v) is 19.2. The van der Waals surface area contributed by atoms with Gasteiger partial charge in [-0.05, 0) is 60.5 Å². The number of anilines is 1. The van der Waals surface area contributed by atoms with Crippen molar-refractivity contribution in [2.24, 2.45) is 5.92 Å². The number of carbonyl (C=O) groups is 3. The summed E-state index contributed by atoms with van der Waals surface area (Å²) < 4.78 is 28.4. The fourth-order valence-corrected chi connectivity index (χ4v) is 3.85. The Morgan fingerprint density at radius 3 is 2.26 bits per heavy atom. The lowest BCUT2D eigenvalue weighted by molar-refractivity contribution is -0.120. The second kappa shape index (κ2) is 9.74. The lowest BCUT2D eigenvalue weighted by atomic mass is 9.91. The van der Waals surface area contributed by atoms with Crippen LogP contribution in [0.3, 0.4) is 0 Å². The fourth-order valence-electron chi connectivity index (χ4n) is 3.17. The van der Waals surface area contributed by atoms with Gasteiger partial charge in [0.05, 0.1) is 21.8 Å². The third-order valence-electron chi connectivity index (χ3n) is 4.48. The largest absolute Gasteiger partial charge is 0.465 e. The molecular formula is C21H20BrClF2N2O4. The quantitative estimate of drug-likeness (QED) is 0.415. The molecule has 166 valence electrons. The summed E-state index contributed by atoms with van der Waals surface area (Å²) >= 11 is 9.23. The number of carbonyl (C=O) groups excluding carboxylic acids is 2. The molecule has 0 aliphatic rings. The molecule has 0 spiro atoms. The van der Waals surface area contributed by atoms with E-state index in [4.69, 9.17) is 16.7 Å². The van der Waals surface area contributed by atoms with Gasteiger partial charge in [0, 0.05) is 15.9 Å². The van der Waals surface area contributed by atoms with Crippen molar-refractivity contribution in [1.29, 1.82) is 0 Å². The van der Waals surface area contributed by atoms with Crippen molar-refractivity contribution in [3.63, 3.8) is 0 Å². The minimum Gasteiger partial charge on any atom is -0.465 e. The van der Waals surface area contributed by atoms with Crippen LogP contribution in [0.15, 0.2) is 34.8 Å². The first-order valence-corrected chi connectivity index (χ1v) is 10.3. The van der Waals surface area contributed by atoms with Gasteiger partial charge in [-0.1, -0.05) is 24.6 Å². The molecule has 6 nitrogen and oxygen atoms in total. The van der Waals surface area contributed by atoms with E-state index in [9.17, 15) is 23.2 Å². The van der Waals surface area contributed by atoms with Crippen LogP contribution in [0.2, 0.25) is 5.02 Å². The summed E-state index contributed by atoms with van der Waals surface area (Å²) in [6.07, 6.45) is -1.07. The number of hydrogen-bond acceptors (Lipinski definition) is 3. The van der Waals surface area contributed by atoms with Crippen LogP contribution in [0, 0.1) is 17.6 Å². The molecule has 3 N–H and O–H groups in total. The molecule has 0 saturated heterocycles. The molecule has 0 unspecified atom stereocenters. The van der Waals surface area contributed by atoms with Gasteiger partial charge in [-0.25, -0.2) is 13.6 Å². The summed E-state index contributed by atoms with van der Waals surface area (Å²) in [4.78, 5) is 36.6. The van der Waals surface area contributed by atoms with Crippen molar-refractivity contribution < 1.29 is 28.3 Å². The minimum absolute atomic E-state index is 0.00442. The maximum Gasteiger partial charge on any atom is 0.405 e. The fraction of sp³-hybridized carbons (Fsp3) is 0.286. The van der Waals surface area contributed by atoms with E-state index < -0.39 is 46.4 Å². The molecule has 0 fully saturated rings. The first-order valence-electron chi connectivity index (χ1n) is 9.12. The maximum atomic E-state index is 14.2. The van der Waals surface area contributed by atoms with Gasteiger partial charge in [0.25, 0.3) is 0 Å². The first-order chi connectivity index (χ1) is 14.3. The number of nitrogens with one attached hydrogen (secondary N) is 2. The molecule has 31 heavy (non-hydrogen) atoms. The van der Waals surface area contributed by atoms with Crippen molar-refractivity contribution in [3.05, 3.63) is 62.6 Å². The summed E-state index contributed by atoms with van der Waals surface area (Å²) in [6, 6.07) is 5.80. The minimum atomic E-state index is -1.22. The lowest BCUT2D eigenvalue weighted by Crippen LogP contribution is -2.45. The third kappa shape index (κ3) is 6.01. The second-order valence-electron chi connectivity index (χ2n) is 7.62. The number of rotatable bonds is 7. The van der Waals surface area contributed by atoms with Gasteiger partial charge >= 0.3 is 6.09 Å². The third-order valence-corrected chi connectivity index (χ3v) is 5.85. The summed E-state index contributed by atoms with van der Waals surface area (Å²) in [5.74, 6) is -4.28. The molecule has 1 atom stereocenters. The molecule has 2 rings (SSSR count). The smallest absolute Gasteiger partial charge is 0.405 e. The van der Waals surface area contributed by atoms with Crippen molar-refractivity contribution in [1.82, 2.24) is 5.32 Å². The van der Waals surface area contributed by atoms with E-state index in [1.165, 1.54) is 12.1 Å². The zero-order valence-electron chi connectivity index (χ0n) is 16.9. The Labute approximate surface area is 191 Å². The molecular weight excluding hydrogens is 498 g/mol. The van der Waals surface area contributed by atoms with E-state index in [0.717, 1.165) is 18.2 Å². The topological polar surface area (TPSA) is 95.5 Å². The Hall–Kier alpha value is -2.52. The first kappa shape index (κ1) is 24.7. The highest BCUT2D eigenvalue weighted by atomic mass is 79.9. The van der Waals surface area contributed by atoms with Crippen molar-refractivity contribution in [3.8, 4) is 0 Å². The van der Waals surface area contributed by atoms with Crippen molar-refractivity contribution in [2.75, 3.05) is 5.32 Å². The van der Waals surface area contributed by atoms with Crippen LogP contribution < -0.4 is 10.6 Å². The number of carboxylic acid groups (broad SMARTS) is 1. The van der Waals surface area contributed by atoms with E-state index >= 15 is 0 Å². The Kier molecular flexibility index (Phi) is 7.77. The second-order valence-corrected chi connectivity index (χ2v) is 8.82. The SMILES string of the molecule is C[C@@H](CC(C)(C)NC(=O)O)C(=O)Nc1ccc(Cl)c(Br)c1C(=O)c1c(F)cccc1F. The number of benzene rings is 2. The normalized spacial score (nSPS) is 12.2. The number of halogens is 4. The molecule has 2 amide bonds. The van der Waals surface area contributed by atoms with Crippen LogP contribution in [0.1, 0.15) is 43.1 Å². The number of amides is 2. The van der Waals surface area contributed by atoms with Gasteiger partial charge in [-0.3, -0.25) is 9.59 Å². The van der Waals surface area contributed by atoms with Gasteiger partial charge < -0.3 is 15.7 Å². The summed E-state index contributed by atoms with van der Waals surface area (Å²) in [6.45, 7) is 4.84. The van der Waals surface area contributed by atoms with Crippen molar-refractivity contribution in [2.45, 2.75) is 32.7 Å². The van der Waals surface area contributed by atoms with Crippen LogP contribution in [0.25, 0.3) is 0 Å². The molecule has 0 aliphatic heterocycles. The highest BCUT2D eigenvalue weighted by Gasteiger charge is 2.29. The van der Waals surface area contributed by atoms with Crippen LogP contribution in [-0.2, 0) is 4.79 Å². The lowest BCUT2D eigenvalue weighted by Gasteiger charge is -2.27. The molecule has 0 radical (unpaired) electrons. The summed E-state index contributed by atoms with van der Waals surface area (Å²) in [5, 5.41) is 13.9. The van der Waals surface area contributed by atoms with Crippen LogP contribution in [-0.4, -0.2) is 28.4 Å². The average molecular weight is 518 g/mol. The van der Waals surface area contributed by atoms with Crippen LogP contribution >= 0.6 is 27.5 Å². The Bertz CT molecular complexity index is 1030. The molecule has 0 saturated carbocycles. The molecule has 0 heterocycles. The van der Waals surface area contributed by atoms with E-state index in [2.05, 4.69) is 26.6 Å². The predicted octanol–water partition coefficient (Wildman–Crippen LogP) is 5.62. The van der Waals surface area contributed by atoms with Gasteiger partial charge in [0.1, 0.15) is 11.6 Å². The van der Waals surface area contributed by atoms with E-state index in [0.29, 0.717) is 0 Å². The average Bonchev–Trinajstić information content (AvgIpc) is 2.63. The van der Waals surface area contributed by atoms with Gasteiger partial charge in [-0.15, -0.1) is 0 Å². The summed E-state index contributed by atoms with van der Waals surface area (Å²) in [7, 11) is 0. The number of hydrogen-bond donors (Lipinski definition) is 3. The molecule has 0 aliphatic carbocycles. The number of ketones is 1. The molecule has 0 aromatic heterocycles. The highest BCUT2D eigenvalue weighted by molar-refractivity contribution is 9.10. The van der Waals surface area contributed by atoms with Crippen molar-refractivity contribution >= 4 is 51.0 Å². The maximum absolute atomic E-state index is 14.2. The van der Waals surface area contributed by atoms with Gasteiger partial charge in [-0.2, -0.15) is 0 Å². The standard InChI is InChI=1S/C21H20BrClF2N2O4/c1-10(9-21(2,3)27-20(30)31)19(29)26-14-8-7-11(23)17(22)16(14)18(28)15-12(24)5-4-6-13(15)25/h4-8,10,27H,9H2,1-3H3,(H,26,29)(H,30,31)/t10-/m0/s1. The zero-order chi connectivity index (χ0) is 23.5. The Morgan fingerprint density at radius 1 is 1.13 bits per heavy atom. The molecule has 2 aromatic carbocycles. The predicted molar refractivity (Wildman–Crippen MR) is 117 cm³/mol. The summed E-state index contributed by atoms with van der Waals surface area (Å²) in [5.41, 5.74) is -1.87. The van der Waals surface area contributed by atoms with Gasteiger partial charge in [0.15, 0.2) is 0 Å².